The number of hydrogen-bond acceptors (Lipinski definition) is 24. The average molecular weight is 1930 g/mol. The number of aromatic amines is 3. The molecule has 24 N–H and O–H groups in total. The molecule has 136 heavy (non-hydrogen) atoms. The molecule has 44 nitrogen and oxygen atoms in total. The van der Waals surface area contributed by atoms with Crippen molar-refractivity contribution in [2.24, 2.45) is 23.1 Å². The van der Waals surface area contributed by atoms with Crippen molar-refractivity contribution in [3.8, 4) is 5.75 Å². The summed E-state index contributed by atoms with van der Waals surface area (Å²) in [5, 5.41) is 71.1. The minimum Gasteiger partial charge on any atom is -0.508 e. The number of hydrogen-bond donors (Lipinski definition) is 21. The third-order valence-electron chi connectivity index (χ3n) is 24.1. The zero-order chi connectivity index (χ0) is 99.3. The monoisotopic (exact) mass is 1930 g/mol. The molecule has 46 heteroatoms. The number of benzene rings is 3. The van der Waals surface area contributed by atoms with Crippen LogP contribution in [0.25, 0.3) is 21.8 Å². The van der Waals surface area contributed by atoms with Crippen LogP contribution < -0.4 is 75.7 Å². The van der Waals surface area contributed by atoms with Crippen molar-refractivity contribution in [2.75, 3.05) is 77.4 Å². The standard InChI is InChI=1S/C90H126N24O20S2/c1-9-10-22-69-82(127)102-60(21-15-29-96-90(93)94)78(123)109-68(77(122)99-42-74(92)119)45-136-46-75(120)101-64(33-50-24-26-54(116)27-25-50)85(130)110(5)49(4)76(121)105-66(38-73(91)118)87(132)113-30-16-23-70(113)83(128)104-62(36-53-41-95-47-100-53)80(125)106-63(32-48(2)3)88(133)114-43-55(117)37-72(114)84(129)103-61(34-51-39-97-58-19-13-11-17-56(51)58)79(124)108-67(44-115)81(126)107-65(35-52-40-98-59-20-14-12-18-57(52)59)86(131)112(7)71(28-31-135-8)89(134)111(69)6/h11-14,17-20,24-27,39-41,47-49,55,60-72,97-98,115-117H,9-10,15-16,21-23,28-38,42-46H2,1-8H3,(H2,91,118)(H2,92,119)(H,95,100)(H,99,122)(H,101,120)(H,102,127)(H,103,129)(H,104,128)(H,105,121)(H,106,125)(H,107,126)(H,108,124)(H,109,123)(H4,93,94,96)/t49-,55+,60-,61-,62-,63-,64-,65-,66-,67-,68?,69-,70-,71-,72-/m0/s1. The Morgan fingerprint density at radius 3 is 1.74 bits per heavy atom. The van der Waals surface area contributed by atoms with Crippen LogP contribution in [-0.2, 0) is 107 Å². The molecule has 738 valence electrons. The number of guanidine groups is 1. The van der Waals surface area contributed by atoms with Crippen molar-refractivity contribution in [3.63, 3.8) is 0 Å². The lowest BCUT2D eigenvalue weighted by atomic mass is 10.0. The van der Waals surface area contributed by atoms with Gasteiger partial charge in [0.15, 0.2) is 5.96 Å². The highest BCUT2D eigenvalue weighted by Crippen LogP contribution is 2.28. The molecule has 3 aliphatic heterocycles. The fourth-order valence-electron chi connectivity index (χ4n) is 16.6. The maximum atomic E-state index is 15.8. The van der Waals surface area contributed by atoms with Gasteiger partial charge in [0.25, 0.3) is 0 Å². The number of aromatic hydroxyl groups is 1. The third kappa shape index (κ3) is 29.6. The molecule has 1 unspecified atom stereocenters. The largest absolute Gasteiger partial charge is 0.508 e. The second-order valence-corrected chi connectivity index (χ2v) is 36.6. The fraction of sp³-hybridized carbons (Fsp3) is 0.522. The van der Waals surface area contributed by atoms with Crippen LogP contribution in [0.4, 0.5) is 0 Å². The van der Waals surface area contributed by atoms with Crippen molar-refractivity contribution >= 4 is 152 Å². The van der Waals surface area contributed by atoms with Gasteiger partial charge in [-0.15, -0.1) is 11.8 Å². The number of phenols is 1. The van der Waals surface area contributed by atoms with Gasteiger partial charge in [0.1, 0.15) is 90.3 Å². The number of aromatic nitrogens is 4. The van der Waals surface area contributed by atoms with Gasteiger partial charge in [-0.05, 0) is 111 Å². The molecule has 9 rings (SSSR count). The van der Waals surface area contributed by atoms with Crippen LogP contribution >= 0.6 is 23.5 Å². The Hall–Kier alpha value is -13.4. The van der Waals surface area contributed by atoms with Crippen LogP contribution in [-0.4, -0.2) is 334 Å². The van der Waals surface area contributed by atoms with Gasteiger partial charge in [0.2, 0.25) is 100 Å². The van der Waals surface area contributed by atoms with E-state index >= 15 is 38.4 Å². The maximum Gasteiger partial charge on any atom is 0.246 e. The molecule has 0 radical (unpaired) electrons. The van der Waals surface area contributed by atoms with Crippen molar-refractivity contribution in [1.82, 2.24) is 103 Å². The Morgan fingerprint density at radius 1 is 0.581 bits per heavy atom. The van der Waals surface area contributed by atoms with Crippen LogP contribution in [0.5, 0.6) is 5.75 Å². The second kappa shape index (κ2) is 50.8. The summed E-state index contributed by atoms with van der Waals surface area (Å²) in [5.41, 5.74) is 19.7. The van der Waals surface area contributed by atoms with Crippen molar-refractivity contribution < 1.29 is 96.8 Å². The quantitative estimate of drug-likeness (QED) is 0.0143. The summed E-state index contributed by atoms with van der Waals surface area (Å²) in [5.74, 6) is -17.9. The van der Waals surface area contributed by atoms with Crippen molar-refractivity contribution in [2.45, 2.75) is 215 Å². The Balaban J connectivity index is 1.10. The molecule has 0 bridgehead atoms. The summed E-state index contributed by atoms with van der Waals surface area (Å²) in [6.07, 6.45) is 4.51. The minimum atomic E-state index is -1.90. The lowest BCUT2D eigenvalue weighted by Crippen LogP contribution is -2.62. The highest BCUT2D eigenvalue weighted by atomic mass is 32.2. The average Bonchev–Trinajstić information content (AvgIpc) is 1.38. The summed E-state index contributed by atoms with van der Waals surface area (Å²) in [6.45, 7) is 4.15. The summed E-state index contributed by atoms with van der Waals surface area (Å²) in [7, 11) is 3.88. The van der Waals surface area contributed by atoms with Gasteiger partial charge in [-0.25, -0.2) is 4.98 Å². The van der Waals surface area contributed by atoms with E-state index in [0.717, 1.165) is 36.3 Å². The number of likely N-dealkylation sites (N-methyl/N-ethyl adjacent to an activating group) is 3. The molecule has 0 aliphatic carbocycles. The van der Waals surface area contributed by atoms with Crippen LogP contribution in [0.15, 0.2) is 97.7 Å². The van der Waals surface area contributed by atoms with Crippen molar-refractivity contribution in [3.05, 3.63) is 120 Å². The molecule has 3 aliphatic rings. The normalized spacial score (nSPS) is 24.7. The number of aliphatic hydroxyl groups is 2. The number of nitrogens with zero attached hydrogens (tertiary/aromatic N) is 6. The number of unbranched alkanes of at least 4 members (excludes halogenated alkanes) is 1. The summed E-state index contributed by atoms with van der Waals surface area (Å²) >= 11 is 2.08. The zero-order valence-corrected chi connectivity index (χ0v) is 78.9. The number of amides is 17. The molecule has 17 amide bonds. The molecule has 3 aromatic carbocycles. The van der Waals surface area contributed by atoms with E-state index in [1.54, 1.807) is 81.0 Å². The summed E-state index contributed by atoms with van der Waals surface area (Å²) in [6, 6.07) is -2.36. The molecule has 6 heterocycles. The number of carbonyl (C=O) groups excluding carboxylic acids is 17. The van der Waals surface area contributed by atoms with E-state index in [0.29, 0.717) is 57.0 Å². The number of H-pyrrole nitrogens is 3. The number of imidazole rings is 1. The van der Waals surface area contributed by atoms with Gasteiger partial charge in [0.05, 0.1) is 37.8 Å². The Bertz CT molecular complexity index is 5250. The lowest BCUT2D eigenvalue weighted by molar-refractivity contribution is -0.149. The van der Waals surface area contributed by atoms with Crippen LogP contribution in [0.2, 0.25) is 0 Å². The number of nitrogens with two attached hydrogens (primary N) is 3. The zero-order valence-electron chi connectivity index (χ0n) is 77.3. The Labute approximate surface area is 793 Å². The van der Waals surface area contributed by atoms with Gasteiger partial charge in [0, 0.05) is 125 Å². The topological polar surface area (TPSA) is 662 Å². The second-order valence-electron chi connectivity index (χ2n) is 34.6. The van der Waals surface area contributed by atoms with E-state index in [4.69, 9.17) is 22.6 Å². The number of phenolic OH excluding ortho intramolecular Hbond substituents is 1. The summed E-state index contributed by atoms with van der Waals surface area (Å²) < 4.78 is 0. The first-order chi connectivity index (χ1) is 64.8. The third-order valence-corrected chi connectivity index (χ3v) is 25.8. The molecule has 3 fully saturated rings. The van der Waals surface area contributed by atoms with Gasteiger partial charge in [-0.2, -0.15) is 11.8 Å². The lowest BCUT2D eigenvalue weighted by Gasteiger charge is -2.36. The van der Waals surface area contributed by atoms with Gasteiger partial charge >= 0.3 is 0 Å². The number of primary amides is 2. The number of thioether (sulfide) groups is 2. The molecule has 6 aromatic rings. The van der Waals surface area contributed by atoms with Gasteiger partial charge < -0.3 is 130 Å². The van der Waals surface area contributed by atoms with E-state index in [1.807, 2.05) is 6.92 Å². The summed E-state index contributed by atoms with van der Waals surface area (Å²) in [4.78, 5) is 269. The van der Waals surface area contributed by atoms with E-state index < -0.39 is 241 Å². The SMILES string of the molecule is CCCC[C@H]1C(=O)N[C@@H](CCCNC(=N)N)C(=O)NC(C(=O)NCC(N)=O)CSCC(=O)N[C@@H](Cc2ccc(O)cc2)C(=O)N(C)[C@@H](C)C(=O)N[C@@H](CC(N)=O)C(=O)N2CCC[C@H]2C(=O)N[C@@H](Cc2cnc[nH]2)C(=O)N[C@@H](CC(C)C)C(=O)N2C[C@H](O)C[C@H]2C(=O)N[C@@H](Cc2c[nH]c3ccccc23)C(=O)N[C@@H](CO)C(=O)N[C@@H](Cc2c[nH]c3ccccc23)C(=O)N(C)[C@@H](CCSC)C(=O)N1C. The highest BCUT2D eigenvalue weighted by molar-refractivity contribution is 8.00. The maximum absolute atomic E-state index is 15.8. The van der Waals surface area contributed by atoms with E-state index in [1.165, 1.54) is 76.6 Å². The van der Waals surface area contributed by atoms with Crippen LogP contribution in [0.3, 0.4) is 0 Å². The first-order valence-corrected chi connectivity index (χ1v) is 47.6. The van der Waals surface area contributed by atoms with E-state index in [9.17, 15) is 58.5 Å². The number of para-hydroxylation sites is 2. The number of aliphatic hydroxyl groups excluding tert-OH is 2. The number of rotatable bonds is 26. The molecular formula is C90H126N24O20S2. The van der Waals surface area contributed by atoms with Gasteiger partial charge in [-0.1, -0.05) is 82.1 Å². The van der Waals surface area contributed by atoms with Crippen LogP contribution in [0, 0.1) is 11.3 Å². The van der Waals surface area contributed by atoms with Crippen LogP contribution in [0.1, 0.15) is 121 Å². The Morgan fingerprint density at radius 2 is 1.14 bits per heavy atom. The predicted octanol–water partition coefficient (Wildman–Crippen LogP) is -3.37. The minimum absolute atomic E-state index is 0.0177. The predicted molar refractivity (Wildman–Crippen MR) is 503 cm³/mol. The van der Waals surface area contributed by atoms with Gasteiger partial charge in [-0.3, -0.25) is 86.9 Å². The molecule has 0 spiro atoms. The first-order valence-electron chi connectivity index (χ1n) is 45.1. The number of fused-ring (bicyclic) bond motifs is 4. The van der Waals surface area contributed by atoms with E-state index in [-0.39, 0.29) is 101 Å². The fourth-order valence-corrected chi connectivity index (χ4v) is 17.9. The molecule has 15 atom stereocenters. The molecule has 3 saturated heterocycles. The Kier molecular flexibility index (Phi) is 39.7. The number of nitrogens with one attached hydrogen (secondary N) is 15. The number of carbonyl (C=O) groups is 17. The molecule has 0 saturated carbocycles. The van der Waals surface area contributed by atoms with E-state index in [2.05, 4.69) is 78.4 Å². The molecule has 3 aromatic heterocycles. The van der Waals surface area contributed by atoms with Crippen molar-refractivity contribution in [1.29, 1.82) is 5.41 Å². The first kappa shape index (κ1) is 106. The molecular weight excluding hydrogens is 1800 g/mol. The smallest absolute Gasteiger partial charge is 0.246 e. The highest BCUT2D eigenvalue weighted by Gasteiger charge is 2.47.